The topological polar surface area (TPSA) is 83.9 Å². The second-order valence-electron chi connectivity index (χ2n) is 4.98. The van der Waals surface area contributed by atoms with Gasteiger partial charge in [-0.05, 0) is 37.3 Å². The highest BCUT2D eigenvalue weighted by Gasteiger charge is 2.24. The molecule has 0 unspecified atom stereocenters. The molecule has 1 N–H and O–H groups in total. The van der Waals surface area contributed by atoms with Gasteiger partial charge in [-0.2, -0.15) is 0 Å². The maximum Gasteiger partial charge on any atom is 0.339 e. The fourth-order valence-corrected chi connectivity index (χ4v) is 3.29. The van der Waals surface area contributed by atoms with E-state index in [4.69, 9.17) is 4.74 Å². The van der Waals surface area contributed by atoms with Crippen LogP contribution in [0.2, 0.25) is 0 Å². The molecule has 0 atom stereocenters. The fraction of sp³-hybridized carbons (Fsp3) is 0.188. The number of carboxylic acid groups (broad SMARTS) is 1. The van der Waals surface area contributed by atoms with Gasteiger partial charge in [-0.3, -0.25) is 4.31 Å². The molecule has 0 radical (unpaired) electrons. The number of benzene rings is 2. The predicted octanol–water partition coefficient (Wildman–Crippen LogP) is 2.53. The van der Waals surface area contributed by atoms with Crippen LogP contribution >= 0.6 is 0 Å². The van der Waals surface area contributed by atoms with Gasteiger partial charge >= 0.3 is 5.97 Å². The second-order valence-corrected chi connectivity index (χ2v) is 6.94. The van der Waals surface area contributed by atoms with Gasteiger partial charge in [0, 0.05) is 7.05 Å². The van der Waals surface area contributed by atoms with E-state index >= 15 is 0 Å². The Morgan fingerprint density at radius 3 is 2.26 bits per heavy atom. The molecular formula is C16H17NO5S. The summed E-state index contributed by atoms with van der Waals surface area (Å²) in [6.45, 7) is 1.90. The molecule has 6 nitrogen and oxygen atoms in total. The number of hydrogen-bond donors (Lipinski definition) is 1. The zero-order valence-electron chi connectivity index (χ0n) is 13.0. The van der Waals surface area contributed by atoms with Gasteiger partial charge in [-0.15, -0.1) is 0 Å². The van der Waals surface area contributed by atoms with Crippen LogP contribution < -0.4 is 9.04 Å². The summed E-state index contributed by atoms with van der Waals surface area (Å²) in [5.41, 5.74) is 1.30. The molecule has 2 aromatic rings. The van der Waals surface area contributed by atoms with Crippen molar-refractivity contribution in [3.05, 3.63) is 53.6 Å². The molecule has 122 valence electrons. The second kappa shape index (κ2) is 6.29. The van der Waals surface area contributed by atoms with Gasteiger partial charge < -0.3 is 9.84 Å². The zero-order chi connectivity index (χ0) is 17.2. The van der Waals surface area contributed by atoms with Gasteiger partial charge in [0.2, 0.25) is 0 Å². The number of rotatable bonds is 5. The van der Waals surface area contributed by atoms with Crippen LogP contribution in [0.5, 0.6) is 5.75 Å². The van der Waals surface area contributed by atoms with E-state index in [-0.39, 0.29) is 16.2 Å². The zero-order valence-corrected chi connectivity index (χ0v) is 13.8. The number of sulfonamides is 1. The van der Waals surface area contributed by atoms with E-state index in [1.54, 1.807) is 24.3 Å². The van der Waals surface area contributed by atoms with Crippen molar-refractivity contribution in [1.29, 1.82) is 0 Å². The van der Waals surface area contributed by atoms with Gasteiger partial charge in [0.1, 0.15) is 11.3 Å². The van der Waals surface area contributed by atoms with Crippen molar-refractivity contribution in [3.8, 4) is 5.75 Å². The number of carbonyl (C=O) groups is 1. The third kappa shape index (κ3) is 3.29. The number of methoxy groups -OCH3 is 1. The molecule has 0 heterocycles. The van der Waals surface area contributed by atoms with E-state index in [1.807, 2.05) is 6.92 Å². The first kappa shape index (κ1) is 16.8. The van der Waals surface area contributed by atoms with E-state index in [1.165, 1.54) is 26.3 Å². The molecule has 2 rings (SSSR count). The number of aryl methyl sites for hydroxylation is 1. The normalized spacial score (nSPS) is 11.1. The summed E-state index contributed by atoms with van der Waals surface area (Å²) in [7, 11) is -1.12. The monoisotopic (exact) mass is 335 g/mol. The van der Waals surface area contributed by atoms with Crippen molar-refractivity contribution in [1.82, 2.24) is 0 Å². The van der Waals surface area contributed by atoms with Crippen molar-refractivity contribution in [2.24, 2.45) is 0 Å². The van der Waals surface area contributed by atoms with Crippen LogP contribution in [0.4, 0.5) is 5.69 Å². The molecule has 0 fully saturated rings. The summed E-state index contributed by atoms with van der Waals surface area (Å²) >= 11 is 0. The summed E-state index contributed by atoms with van der Waals surface area (Å²) in [5, 5.41) is 9.18. The Bertz CT molecular complexity index is 828. The van der Waals surface area contributed by atoms with Crippen LogP contribution in [0.25, 0.3) is 0 Å². The number of nitrogens with zero attached hydrogens (tertiary/aromatic N) is 1. The first-order valence-corrected chi connectivity index (χ1v) is 8.18. The standard InChI is InChI=1S/C16H17NO5S/c1-11-4-6-12(7-5-11)17(2)23(20,21)13-8-9-15(22-3)14(10-13)16(18)19/h4-10H,1-3H3,(H,18,19). The van der Waals surface area contributed by atoms with Crippen LogP contribution in [0.15, 0.2) is 47.4 Å². The van der Waals surface area contributed by atoms with Crippen molar-refractivity contribution >= 4 is 21.7 Å². The van der Waals surface area contributed by atoms with Crippen molar-refractivity contribution < 1.29 is 23.1 Å². The largest absolute Gasteiger partial charge is 0.496 e. The maximum atomic E-state index is 12.7. The lowest BCUT2D eigenvalue weighted by Gasteiger charge is -2.20. The van der Waals surface area contributed by atoms with Gasteiger partial charge in [0.15, 0.2) is 0 Å². The number of anilines is 1. The van der Waals surface area contributed by atoms with E-state index < -0.39 is 16.0 Å². The minimum atomic E-state index is -3.87. The number of carboxylic acids is 1. The molecule has 0 spiro atoms. The summed E-state index contributed by atoms with van der Waals surface area (Å²) < 4.78 is 31.4. The van der Waals surface area contributed by atoms with Crippen LogP contribution in [-0.4, -0.2) is 33.7 Å². The Hall–Kier alpha value is -2.54. The van der Waals surface area contributed by atoms with E-state index in [0.29, 0.717) is 5.69 Å². The van der Waals surface area contributed by atoms with Crippen molar-refractivity contribution in [3.63, 3.8) is 0 Å². The van der Waals surface area contributed by atoms with Crippen LogP contribution in [0.1, 0.15) is 15.9 Å². The van der Waals surface area contributed by atoms with Gasteiger partial charge in [-0.1, -0.05) is 17.7 Å². The third-order valence-electron chi connectivity index (χ3n) is 3.46. The number of hydrogen-bond acceptors (Lipinski definition) is 4. The highest BCUT2D eigenvalue weighted by Crippen LogP contribution is 2.27. The molecule has 2 aromatic carbocycles. The molecule has 0 aliphatic rings. The smallest absolute Gasteiger partial charge is 0.339 e. The number of ether oxygens (including phenoxy) is 1. The van der Waals surface area contributed by atoms with E-state index in [0.717, 1.165) is 15.9 Å². The Morgan fingerprint density at radius 2 is 1.74 bits per heavy atom. The molecule has 7 heteroatoms. The van der Waals surface area contributed by atoms with Gasteiger partial charge in [-0.25, -0.2) is 13.2 Å². The first-order chi connectivity index (χ1) is 10.8. The molecule has 0 saturated carbocycles. The Labute approximate surface area is 135 Å². The quantitative estimate of drug-likeness (QED) is 0.908. The highest BCUT2D eigenvalue weighted by molar-refractivity contribution is 7.92. The molecule has 0 bridgehead atoms. The molecule has 0 amide bonds. The Balaban J connectivity index is 2.49. The summed E-state index contributed by atoms with van der Waals surface area (Å²) in [6.07, 6.45) is 0. The molecule has 0 saturated heterocycles. The highest BCUT2D eigenvalue weighted by atomic mass is 32.2. The first-order valence-electron chi connectivity index (χ1n) is 6.74. The Kier molecular flexibility index (Phi) is 4.60. The lowest BCUT2D eigenvalue weighted by molar-refractivity contribution is 0.0693. The van der Waals surface area contributed by atoms with Crippen molar-refractivity contribution in [2.45, 2.75) is 11.8 Å². The van der Waals surface area contributed by atoms with Crippen molar-refractivity contribution in [2.75, 3.05) is 18.5 Å². The summed E-state index contributed by atoms with van der Waals surface area (Å²) in [6, 6.07) is 10.7. The van der Waals surface area contributed by atoms with Gasteiger partial charge in [0.05, 0.1) is 17.7 Å². The molecule has 0 aliphatic heterocycles. The van der Waals surface area contributed by atoms with Crippen LogP contribution in [-0.2, 0) is 10.0 Å². The molecule has 0 aliphatic carbocycles. The average Bonchev–Trinajstić information content (AvgIpc) is 2.54. The van der Waals surface area contributed by atoms with Gasteiger partial charge in [0.25, 0.3) is 10.0 Å². The maximum absolute atomic E-state index is 12.7. The van der Waals surface area contributed by atoms with E-state index in [9.17, 15) is 18.3 Å². The van der Waals surface area contributed by atoms with Crippen LogP contribution in [0, 0.1) is 6.92 Å². The Morgan fingerprint density at radius 1 is 1.13 bits per heavy atom. The lowest BCUT2D eigenvalue weighted by Crippen LogP contribution is -2.26. The summed E-state index contributed by atoms with van der Waals surface area (Å²) in [5.74, 6) is -1.15. The summed E-state index contributed by atoms with van der Waals surface area (Å²) in [4.78, 5) is 11.1. The van der Waals surface area contributed by atoms with E-state index in [2.05, 4.69) is 0 Å². The average molecular weight is 335 g/mol. The van der Waals surface area contributed by atoms with Crippen LogP contribution in [0.3, 0.4) is 0 Å². The lowest BCUT2D eigenvalue weighted by atomic mass is 10.2. The predicted molar refractivity (Wildman–Crippen MR) is 86.7 cm³/mol. The fourth-order valence-electron chi connectivity index (χ4n) is 2.07. The molecule has 0 aromatic heterocycles. The molecular weight excluding hydrogens is 318 g/mol. The number of aromatic carboxylic acids is 1. The minimum absolute atomic E-state index is 0.106. The molecule has 23 heavy (non-hydrogen) atoms. The SMILES string of the molecule is COc1ccc(S(=O)(=O)N(C)c2ccc(C)cc2)cc1C(=O)O. The third-order valence-corrected chi connectivity index (χ3v) is 5.24. The minimum Gasteiger partial charge on any atom is -0.496 e.